The van der Waals surface area contributed by atoms with E-state index in [0.29, 0.717) is 48.8 Å². The maximum Gasteiger partial charge on any atom is 0.243 e. The van der Waals surface area contributed by atoms with Gasteiger partial charge in [-0.25, -0.2) is 13.4 Å². The van der Waals surface area contributed by atoms with Crippen LogP contribution in [0.5, 0.6) is 0 Å². The molecule has 11 nitrogen and oxygen atoms in total. The molecule has 1 aromatic carbocycles. The van der Waals surface area contributed by atoms with Crippen LogP contribution in [0.1, 0.15) is 64.0 Å². The van der Waals surface area contributed by atoms with Crippen LogP contribution in [-0.2, 0) is 10.0 Å². The molecular weight excluding hydrogens is 573 g/mol. The predicted octanol–water partition coefficient (Wildman–Crippen LogP) is 4.07. The van der Waals surface area contributed by atoms with Gasteiger partial charge in [0, 0.05) is 37.3 Å². The number of nitrogens with one attached hydrogen (secondary N) is 2. The minimum absolute atomic E-state index is 0. The Bertz CT molecular complexity index is 1420. The lowest BCUT2D eigenvalue weighted by molar-refractivity contribution is 0.329. The summed E-state index contributed by atoms with van der Waals surface area (Å²) in [5, 5.41) is 16.1. The minimum Gasteiger partial charge on any atom is -0.365 e. The fourth-order valence-electron chi connectivity index (χ4n) is 5.19. The van der Waals surface area contributed by atoms with E-state index < -0.39 is 10.0 Å². The van der Waals surface area contributed by atoms with Crippen molar-refractivity contribution in [3.05, 3.63) is 36.2 Å². The van der Waals surface area contributed by atoms with E-state index in [1.165, 1.54) is 28.6 Å². The average molecular weight is 611 g/mol. The van der Waals surface area contributed by atoms with Gasteiger partial charge < -0.3 is 20.9 Å². The second kappa shape index (κ2) is 13.3. The molecular formula is C26H37Cl2N9O2S. The van der Waals surface area contributed by atoms with Crippen molar-refractivity contribution >= 4 is 57.8 Å². The molecule has 40 heavy (non-hydrogen) atoms. The van der Waals surface area contributed by atoms with Gasteiger partial charge in [0.05, 0.1) is 22.9 Å². The number of sulfonamides is 1. The van der Waals surface area contributed by atoms with Gasteiger partial charge in [0.1, 0.15) is 0 Å². The van der Waals surface area contributed by atoms with Crippen molar-refractivity contribution in [3.63, 3.8) is 0 Å². The normalized spacial score (nSPS) is 20.4. The zero-order chi connectivity index (χ0) is 26.9. The number of piperidine rings is 1. The Balaban J connectivity index is 0.00000220. The maximum absolute atomic E-state index is 13.1. The van der Waals surface area contributed by atoms with E-state index in [-0.39, 0.29) is 53.9 Å². The highest BCUT2D eigenvalue weighted by Crippen LogP contribution is 2.28. The summed E-state index contributed by atoms with van der Waals surface area (Å²) in [5.74, 6) is 1.24. The summed E-state index contributed by atoms with van der Waals surface area (Å²) < 4.78 is 29.8. The van der Waals surface area contributed by atoms with Crippen molar-refractivity contribution in [2.45, 2.75) is 81.4 Å². The van der Waals surface area contributed by atoms with E-state index in [1.807, 2.05) is 10.6 Å². The van der Waals surface area contributed by atoms with Crippen LogP contribution >= 0.6 is 24.8 Å². The molecule has 1 saturated heterocycles. The molecule has 0 amide bonds. The van der Waals surface area contributed by atoms with Crippen LogP contribution < -0.4 is 16.4 Å². The fraction of sp³-hybridized carbons (Fsp3) is 0.538. The number of benzene rings is 1. The van der Waals surface area contributed by atoms with Crippen molar-refractivity contribution in [2.75, 3.05) is 23.7 Å². The first-order chi connectivity index (χ1) is 18.2. The first kappa shape index (κ1) is 31.8. The number of nitrogens with two attached hydrogens (primary N) is 1. The molecule has 2 aromatic heterocycles. The second-order valence-corrected chi connectivity index (χ2v) is 12.5. The standard InChI is InChI=1S/C26H35N9O2S.2ClH/c1-17(2)35-16-29-23-24(32-26(33-25(23)35)31-20-7-5-19(28)6-8-20)30-21-11-13-34(14-12-21)38(36,37)22-9-3-18(15-27)4-10-22;;/h3-4,9-10,16-17,19-21H,5-8,11-14,28H2,1-2H3,(H2,30,31,32,33);2*1H. The van der Waals surface area contributed by atoms with Crippen LogP contribution in [0.3, 0.4) is 0 Å². The summed E-state index contributed by atoms with van der Waals surface area (Å²) in [6.45, 7) is 4.97. The average Bonchev–Trinajstić information content (AvgIpc) is 3.35. The molecule has 0 spiro atoms. The van der Waals surface area contributed by atoms with Crippen LogP contribution in [0.25, 0.3) is 11.2 Å². The Hall–Kier alpha value is -2.69. The molecule has 1 aliphatic carbocycles. The summed E-state index contributed by atoms with van der Waals surface area (Å²) in [7, 11) is -3.62. The Morgan fingerprint density at radius 3 is 2.20 bits per heavy atom. The van der Waals surface area contributed by atoms with Crippen LogP contribution in [0.2, 0.25) is 0 Å². The molecule has 2 fully saturated rings. The molecule has 0 radical (unpaired) electrons. The Morgan fingerprint density at radius 1 is 0.975 bits per heavy atom. The summed E-state index contributed by atoms with van der Waals surface area (Å²) in [6, 6.07) is 8.87. The zero-order valence-corrected chi connectivity index (χ0v) is 25.1. The second-order valence-electron chi connectivity index (χ2n) is 10.5. The molecule has 0 bridgehead atoms. The largest absolute Gasteiger partial charge is 0.365 e. The summed E-state index contributed by atoms with van der Waals surface area (Å²) in [4.78, 5) is 14.4. The molecule has 0 unspecified atom stereocenters. The highest BCUT2D eigenvalue weighted by atomic mass is 35.5. The van der Waals surface area contributed by atoms with E-state index in [2.05, 4.69) is 29.5 Å². The number of anilines is 2. The molecule has 218 valence electrons. The van der Waals surface area contributed by atoms with Gasteiger partial charge in [-0.2, -0.15) is 19.5 Å². The number of hydrogen-bond acceptors (Lipinski definition) is 9. The van der Waals surface area contributed by atoms with Crippen molar-refractivity contribution in [2.24, 2.45) is 5.73 Å². The highest BCUT2D eigenvalue weighted by molar-refractivity contribution is 7.89. The number of imidazole rings is 1. The van der Waals surface area contributed by atoms with Crippen molar-refractivity contribution in [1.29, 1.82) is 5.26 Å². The number of rotatable bonds is 7. The SMILES string of the molecule is CC(C)n1cnc2c(NC3CCN(S(=O)(=O)c4ccc(C#N)cc4)CC3)nc(NC3CCC(N)CC3)nc21.Cl.Cl. The van der Waals surface area contributed by atoms with E-state index in [9.17, 15) is 8.42 Å². The van der Waals surface area contributed by atoms with Crippen molar-refractivity contribution in [3.8, 4) is 6.07 Å². The van der Waals surface area contributed by atoms with Crippen LogP contribution in [0.4, 0.5) is 11.8 Å². The quantitative estimate of drug-likeness (QED) is 0.359. The lowest BCUT2D eigenvalue weighted by Crippen LogP contribution is -2.42. The Morgan fingerprint density at radius 2 is 1.60 bits per heavy atom. The van der Waals surface area contributed by atoms with Gasteiger partial charge in [0.25, 0.3) is 0 Å². The number of aromatic nitrogens is 4. The molecule has 0 atom stereocenters. The van der Waals surface area contributed by atoms with E-state index in [0.717, 1.165) is 31.3 Å². The fourth-order valence-corrected chi connectivity index (χ4v) is 6.66. The van der Waals surface area contributed by atoms with Gasteiger partial charge in [-0.1, -0.05) is 0 Å². The van der Waals surface area contributed by atoms with Gasteiger partial charge in [-0.3, -0.25) is 0 Å². The Labute approximate surface area is 247 Å². The maximum atomic E-state index is 13.1. The van der Waals surface area contributed by atoms with Gasteiger partial charge in [-0.15, -0.1) is 24.8 Å². The van der Waals surface area contributed by atoms with E-state index >= 15 is 0 Å². The van der Waals surface area contributed by atoms with Crippen molar-refractivity contribution in [1.82, 2.24) is 23.8 Å². The van der Waals surface area contributed by atoms with Crippen LogP contribution in [0.15, 0.2) is 35.5 Å². The first-order valence-electron chi connectivity index (χ1n) is 13.3. The van der Waals surface area contributed by atoms with E-state index in [4.69, 9.17) is 21.0 Å². The number of halogens is 2. The predicted molar refractivity (Wildman–Crippen MR) is 161 cm³/mol. The smallest absolute Gasteiger partial charge is 0.243 e. The number of fused-ring (bicyclic) bond motifs is 1. The summed E-state index contributed by atoms with van der Waals surface area (Å²) in [5.41, 5.74) is 8.00. The number of hydrogen-bond donors (Lipinski definition) is 3. The molecule has 1 aliphatic heterocycles. The Kier molecular flexibility index (Phi) is 10.6. The molecule has 2 aliphatic rings. The van der Waals surface area contributed by atoms with Gasteiger partial charge in [0.15, 0.2) is 17.0 Å². The third-order valence-corrected chi connectivity index (χ3v) is 9.41. The zero-order valence-electron chi connectivity index (χ0n) is 22.7. The summed E-state index contributed by atoms with van der Waals surface area (Å²) in [6.07, 6.45) is 7.01. The molecule has 1 saturated carbocycles. The number of nitriles is 1. The van der Waals surface area contributed by atoms with Gasteiger partial charge >= 0.3 is 0 Å². The molecule has 5 rings (SSSR count). The molecule has 3 aromatic rings. The molecule has 4 N–H and O–H groups in total. The van der Waals surface area contributed by atoms with Gasteiger partial charge in [0.2, 0.25) is 16.0 Å². The summed E-state index contributed by atoms with van der Waals surface area (Å²) >= 11 is 0. The van der Waals surface area contributed by atoms with Crippen LogP contribution in [0, 0.1) is 11.3 Å². The molecule has 14 heteroatoms. The van der Waals surface area contributed by atoms with E-state index in [1.54, 1.807) is 6.33 Å². The molecule has 3 heterocycles. The number of nitrogens with zero attached hydrogens (tertiary/aromatic N) is 6. The van der Waals surface area contributed by atoms with Crippen molar-refractivity contribution < 1.29 is 8.42 Å². The monoisotopic (exact) mass is 609 g/mol. The highest BCUT2D eigenvalue weighted by Gasteiger charge is 2.30. The third-order valence-electron chi connectivity index (χ3n) is 7.50. The lowest BCUT2D eigenvalue weighted by atomic mass is 9.92. The lowest BCUT2D eigenvalue weighted by Gasteiger charge is -2.32. The van der Waals surface area contributed by atoms with Crippen LogP contribution in [-0.4, -0.2) is 63.5 Å². The topological polar surface area (TPSA) is 155 Å². The minimum atomic E-state index is -3.62. The first-order valence-corrected chi connectivity index (χ1v) is 14.7. The van der Waals surface area contributed by atoms with Gasteiger partial charge in [-0.05, 0) is 76.6 Å². The third kappa shape index (κ3) is 6.78.